The average Bonchev–Trinajstić information content (AvgIpc) is 3.33. The summed E-state index contributed by atoms with van der Waals surface area (Å²) < 4.78 is 7.25. The van der Waals surface area contributed by atoms with Gasteiger partial charge in [-0.05, 0) is 31.9 Å². The fourth-order valence-electron chi connectivity index (χ4n) is 2.32. The van der Waals surface area contributed by atoms with Crippen molar-refractivity contribution in [3.8, 4) is 5.75 Å². The number of para-hydroxylation sites is 2. The van der Waals surface area contributed by atoms with Gasteiger partial charge in [0.1, 0.15) is 11.6 Å². The molecule has 1 saturated carbocycles. The molecule has 0 unspecified atom stereocenters. The van der Waals surface area contributed by atoms with Crippen molar-refractivity contribution in [2.24, 2.45) is 7.05 Å². The molecule has 1 heterocycles. The molecule has 1 atom stereocenters. The van der Waals surface area contributed by atoms with Crippen molar-refractivity contribution in [1.29, 1.82) is 0 Å². The van der Waals surface area contributed by atoms with Gasteiger partial charge >= 0.3 is 0 Å². The third kappa shape index (κ3) is 3.50. The Morgan fingerprint density at radius 1 is 1.39 bits per heavy atom. The van der Waals surface area contributed by atoms with Crippen LogP contribution in [-0.4, -0.2) is 33.0 Å². The number of carbonyl (C=O) groups is 1. The monoisotopic (exact) mass is 332 g/mol. The van der Waals surface area contributed by atoms with E-state index in [1.165, 1.54) is 24.6 Å². The normalized spacial score (nSPS) is 15.3. The highest BCUT2D eigenvalue weighted by Crippen LogP contribution is 2.39. The lowest BCUT2D eigenvalue weighted by atomic mass is 10.3. The number of aromatic nitrogens is 3. The van der Waals surface area contributed by atoms with Crippen LogP contribution in [0.15, 0.2) is 29.4 Å². The first-order valence-electron chi connectivity index (χ1n) is 7.60. The Bertz CT molecular complexity index is 712. The second-order valence-corrected chi connectivity index (χ2v) is 6.93. The van der Waals surface area contributed by atoms with Gasteiger partial charge in [-0.15, -0.1) is 10.2 Å². The Morgan fingerprint density at radius 2 is 2.13 bits per heavy atom. The maximum Gasteiger partial charge on any atom is 0.237 e. The van der Waals surface area contributed by atoms with Gasteiger partial charge in [0.15, 0.2) is 5.16 Å². The lowest BCUT2D eigenvalue weighted by Crippen LogP contribution is -2.23. The SMILES string of the molecule is COc1ccccc1NC(=O)[C@H](C)Sc1nnc(C2CC2)n1C. The summed E-state index contributed by atoms with van der Waals surface area (Å²) in [5, 5.41) is 11.8. The summed E-state index contributed by atoms with van der Waals surface area (Å²) in [4.78, 5) is 12.4. The number of benzene rings is 1. The summed E-state index contributed by atoms with van der Waals surface area (Å²) in [5.41, 5.74) is 0.670. The number of carbonyl (C=O) groups excluding carboxylic acids is 1. The first-order valence-corrected chi connectivity index (χ1v) is 8.48. The quantitative estimate of drug-likeness (QED) is 0.824. The zero-order chi connectivity index (χ0) is 16.4. The molecule has 0 saturated heterocycles. The second kappa shape index (κ2) is 6.62. The predicted octanol–water partition coefficient (Wildman–Crippen LogP) is 2.82. The number of nitrogens with one attached hydrogen (secondary N) is 1. The number of rotatable bonds is 6. The van der Waals surface area contributed by atoms with Crippen LogP contribution in [0, 0.1) is 0 Å². The zero-order valence-corrected chi connectivity index (χ0v) is 14.3. The standard InChI is InChI=1S/C16H20N4O2S/c1-10(15(21)17-12-6-4-5-7-13(12)22-3)23-16-19-18-14(20(16)2)11-8-9-11/h4-7,10-11H,8-9H2,1-3H3,(H,17,21)/t10-/m0/s1. The Hall–Kier alpha value is -2.02. The largest absolute Gasteiger partial charge is 0.495 e. The predicted molar refractivity (Wildman–Crippen MR) is 89.9 cm³/mol. The van der Waals surface area contributed by atoms with Gasteiger partial charge in [-0.2, -0.15) is 0 Å². The van der Waals surface area contributed by atoms with E-state index in [1.54, 1.807) is 7.11 Å². The van der Waals surface area contributed by atoms with E-state index >= 15 is 0 Å². The minimum absolute atomic E-state index is 0.0875. The third-order valence-corrected chi connectivity index (χ3v) is 4.96. The first-order chi connectivity index (χ1) is 11.1. The van der Waals surface area contributed by atoms with Crippen LogP contribution in [0.1, 0.15) is 31.5 Å². The molecule has 0 spiro atoms. The average molecular weight is 332 g/mol. The van der Waals surface area contributed by atoms with Crippen molar-refractivity contribution in [2.75, 3.05) is 12.4 Å². The molecule has 0 radical (unpaired) electrons. The molecule has 1 aliphatic carbocycles. The van der Waals surface area contributed by atoms with Crippen molar-refractivity contribution in [2.45, 2.75) is 36.1 Å². The zero-order valence-electron chi connectivity index (χ0n) is 13.4. The first kappa shape index (κ1) is 15.9. The molecular weight excluding hydrogens is 312 g/mol. The van der Waals surface area contributed by atoms with Gasteiger partial charge in [0.25, 0.3) is 0 Å². The molecule has 3 rings (SSSR count). The van der Waals surface area contributed by atoms with Gasteiger partial charge in [-0.1, -0.05) is 23.9 Å². The molecule has 1 fully saturated rings. The van der Waals surface area contributed by atoms with E-state index in [2.05, 4.69) is 15.5 Å². The number of amides is 1. The third-order valence-electron chi connectivity index (χ3n) is 3.83. The van der Waals surface area contributed by atoms with Crippen LogP contribution in [0.5, 0.6) is 5.75 Å². The number of thioether (sulfide) groups is 1. The minimum Gasteiger partial charge on any atom is -0.495 e. The molecule has 0 bridgehead atoms. The lowest BCUT2D eigenvalue weighted by Gasteiger charge is -2.13. The molecule has 0 aliphatic heterocycles. The smallest absolute Gasteiger partial charge is 0.237 e. The van der Waals surface area contributed by atoms with Crippen molar-refractivity contribution >= 4 is 23.4 Å². The van der Waals surface area contributed by atoms with Crippen LogP contribution in [0.25, 0.3) is 0 Å². The molecule has 1 aromatic carbocycles. The highest BCUT2D eigenvalue weighted by molar-refractivity contribution is 8.00. The molecule has 1 amide bonds. The van der Waals surface area contributed by atoms with Crippen LogP contribution in [0.3, 0.4) is 0 Å². The molecule has 7 heteroatoms. The summed E-state index contributed by atoms with van der Waals surface area (Å²) in [7, 11) is 3.54. The van der Waals surface area contributed by atoms with Gasteiger partial charge in [0.2, 0.25) is 5.91 Å². The molecule has 1 N–H and O–H groups in total. The van der Waals surface area contributed by atoms with E-state index in [0.29, 0.717) is 17.4 Å². The van der Waals surface area contributed by atoms with Gasteiger partial charge in [0, 0.05) is 13.0 Å². The number of nitrogens with zero attached hydrogens (tertiary/aromatic N) is 3. The maximum atomic E-state index is 12.4. The van der Waals surface area contributed by atoms with E-state index in [-0.39, 0.29) is 11.2 Å². The fraction of sp³-hybridized carbons (Fsp3) is 0.438. The van der Waals surface area contributed by atoms with E-state index in [9.17, 15) is 4.79 Å². The highest BCUT2D eigenvalue weighted by atomic mass is 32.2. The van der Waals surface area contributed by atoms with Gasteiger partial charge in [-0.3, -0.25) is 4.79 Å². The highest BCUT2D eigenvalue weighted by Gasteiger charge is 2.30. The number of hydrogen-bond acceptors (Lipinski definition) is 5. The Kier molecular flexibility index (Phi) is 4.56. The molecule has 1 aromatic heterocycles. The maximum absolute atomic E-state index is 12.4. The summed E-state index contributed by atoms with van der Waals surface area (Å²) >= 11 is 1.41. The summed E-state index contributed by atoms with van der Waals surface area (Å²) in [6.07, 6.45) is 2.36. The van der Waals surface area contributed by atoms with Crippen LogP contribution in [-0.2, 0) is 11.8 Å². The Balaban J connectivity index is 1.65. The van der Waals surface area contributed by atoms with Crippen LogP contribution >= 0.6 is 11.8 Å². The Morgan fingerprint density at radius 3 is 2.83 bits per heavy atom. The summed E-state index contributed by atoms with van der Waals surface area (Å²) in [6.45, 7) is 1.86. The fourth-order valence-corrected chi connectivity index (χ4v) is 3.14. The van der Waals surface area contributed by atoms with E-state index in [4.69, 9.17) is 4.74 Å². The minimum atomic E-state index is -0.283. The molecular formula is C16H20N4O2S. The summed E-state index contributed by atoms with van der Waals surface area (Å²) in [5.74, 6) is 2.12. The van der Waals surface area contributed by atoms with Gasteiger partial charge in [-0.25, -0.2) is 0 Å². The number of hydrogen-bond donors (Lipinski definition) is 1. The summed E-state index contributed by atoms with van der Waals surface area (Å²) in [6, 6.07) is 7.37. The van der Waals surface area contributed by atoms with Crippen molar-refractivity contribution < 1.29 is 9.53 Å². The Labute approximate surface area is 139 Å². The van der Waals surface area contributed by atoms with E-state index in [0.717, 1.165) is 11.0 Å². The molecule has 122 valence electrons. The van der Waals surface area contributed by atoms with Crippen molar-refractivity contribution in [3.63, 3.8) is 0 Å². The van der Waals surface area contributed by atoms with Crippen LogP contribution in [0.2, 0.25) is 0 Å². The lowest BCUT2D eigenvalue weighted by molar-refractivity contribution is -0.115. The molecule has 6 nitrogen and oxygen atoms in total. The molecule has 2 aromatic rings. The molecule has 1 aliphatic rings. The number of anilines is 1. The van der Waals surface area contributed by atoms with Crippen molar-refractivity contribution in [1.82, 2.24) is 14.8 Å². The molecule has 23 heavy (non-hydrogen) atoms. The van der Waals surface area contributed by atoms with Crippen LogP contribution < -0.4 is 10.1 Å². The number of methoxy groups -OCH3 is 1. The van der Waals surface area contributed by atoms with Gasteiger partial charge < -0.3 is 14.6 Å². The second-order valence-electron chi connectivity index (χ2n) is 5.62. The number of ether oxygens (including phenoxy) is 1. The van der Waals surface area contributed by atoms with Gasteiger partial charge in [0.05, 0.1) is 18.0 Å². The topological polar surface area (TPSA) is 69.0 Å². The van der Waals surface area contributed by atoms with E-state index in [1.807, 2.05) is 42.8 Å². The van der Waals surface area contributed by atoms with Crippen LogP contribution in [0.4, 0.5) is 5.69 Å². The van der Waals surface area contributed by atoms with E-state index < -0.39 is 0 Å². The van der Waals surface area contributed by atoms with Crippen molar-refractivity contribution in [3.05, 3.63) is 30.1 Å².